The van der Waals surface area contributed by atoms with E-state index in [9.17, 15) is 10.1 Å². The summed E-state index contributed by atoms with van der Waals surface area (Å²) in [5.74, 6) is 0.974. The average molecular weight is 470 g/mol. The van der Waals surface area contributed by atoms with Gasteiger partial charge in [-0.05, 0) is 87.0 Å². The number of carbonyl (C=O) groups excluding carboxylic acids is 1. The van der Waals surface area contributed by atoms with E-state index in [1.165, 1.54) is 4.57 Å². The second-order valence-corrected chi connectivity index (χ2v) is 9.02. The molecule has 0 N–H and O–H groups in total. The van der Waals surface area contributed by atoms with Crippen LogP contribution >= 0.6 is 11.6 Å². The molecule has 0 bridgehead atoms. The molecule has 0 amide bonds. The van der Waals surface area contributed by atoms with Gasteiger partial charge in [-0.25, -0.2) is 9.36 Å². The second-order valence-electron chi connectivity index (χ2n) is 8.61. The van der Waals surface area contributed by atoms with Crippen LogP contribution < -0.4 is 4.74 Å². The predicted molar refractivity (Wildman–Crippen MR) is 130 cm³/mol. The molecule has 0 aliphatic rings. The monoisotopic (exact) mass is 469 g/mol. The van der Waals surface area contributed by atoms with Crippen LogP contribution in [-0.2, 0) is 4.74 Å². The van der Waals surface area contributed by atoms with Crippen LogP contribution in [0.2, 0.25) is 5.02 Å². The third kappa shape index (κ3) is 4.73. The van der Waals surface area contributed by atoms with Gasteiger partial charge in [-0.15, -0.1) is 0 Å². The number of carbonyl (C=O) groups is 1. The molecule has 0 saturated heterocycles. The Balaban J connectivity index is 1.73. The molecular weight excluding hydrogens is 450 g/mol. The maximum atomic E-state index is 13.1. The van der Waals surface area contributed by atoms with E-state index in [1.54, 1.807) is 63.2 Å². The number of hydrogen-bond acceptors (Lipinski definition) is 5. The highest BCUT2D eigenvalue weighted by atomic mass is 35.5. The number of nitriles is 2. The van der Waals surface area contributed by atoms with Crippen LogP contribution in [0.25, 0.3) is 22.2 Å². The minimum atomic E-state index is -0.685. The molecule has 1 aromatic heterocycles. The normalized spacial score (nSPS) is 11.0. The van der Waals surface area contributed by atoms with Crippen molar-refractivity contribution in [3.8, 4) is 34.9 Å². The molecular formula is C27H20ClN3O3. The van der Waals surface area contributed by atoms with Crippen molar-refractivity contribution < 1.29 is 14.3 Å². The third-order valence-corrected chi connectivity index (χ3v) is 5.24. The highest BCUT2D eigenvalue weighted by Crippen LogP contribution is 2.34. The Hall–Kier alpha value is -4.26. The first kappa shape index (κ1) is 22.9. The molecule has 0 fully saturated rings. The van der Waals surface area contributed by atoms with Crippen molar-refractivity contribution in [3.63, 3.8) is 0 Å². The highest BCUT2D eigenvalue weighted by Gasteiger charge is 2.23. The fraction of sp³-hybridized carbons (Fsp3) is 0.148. The van der Waals surface area contributed by atoms with Crippen molar-refractivity contribution in [3.05, 3.63) is 82.9 Å². The number of fused-ring (bicyclic) bond motifs is 1. The predicted octanol–water partition coefficient (Wildman–Crippen LogP) is 7.28. The molecule has 168 valence electrons. The summed E-state index contributed by atoms with van der Waals surface area (Å²) in [5.41, 5.74) is 2.19. The molecule has 1 heterocycles. The van der Waals surface area contributed by atoms with Gasteiger partial charge in [-0.1, -0.05) is 17.7 Å². The number of nitrogens with zero attached hydrogens (tertiary/aromatic N) is 3. The van der Waals surface area contributed by atoms with Gasteiger partial charge in [0, 0.05) is 5.39 Å². The van der Waals surface area contributed by atoms with E-state index in [1.807, 2.05) is 30.3 Å². The van der Waals surface area contributed by atoms with Gasteiger partial charge in [0.1, 0.15) is 17.1 Å². The van der Waals surface area contributed by atoms with Gasteiger partial charge in [-0.3, -0.25) is 0 Å². The number of rotatable bonds is 3. The Labute approximate surface area is 202 Å². The molecule has 0 unspecified atom stereocenters. The first-order valence-electron chi connectivity index (χ1n) is 10.5. The van der Waals surface area contributed by atoms with Crippen LogP contribution in [0.15, 0.2) is 66.7 Å². The lowest BCUT2D eigenvalue weighted by Gasteiger charge is -2.21. The smallest absolute Gasteiger partial charge is 0.419 e. The Bertz CT molecular complexity index is 1480. The zero-order chi connectivity index (χ0) is 24.5. The van der Waals surface area contributed by atoms with Crippen molar-refractivity contribution >= 4 is 28.6 Å². The van der Waals surface area contributed by atoms with Gasteiger partial charge in [0.05, 0.1) is 39.5 Å². The lowest BCUT2D eigenvalue weighted by atomic mass is 10.1. The standard InChI is InChI=1S/C27H20ClN3O3/c1-27(2,3)34-26(32)31-23-13-18(16-30)4-6-20(23)14-24(31)19-7-9-21(10-8-19)33-25-11-5-17(15-29)12-22(25)28/h4-14H,1-3H3. The molecule has 0 radical (unpaired) electrons. The fourth-order valence-electron chi connectivity index (χ4n) is 3.46. The van der Waals surface area contributed by atoms with E-state index >= 15 is 0 Å². The van der Waals surface area contributed by atoms with Gasteiger partial charge in [0.2, 0.25) is 0 Å². The maximum Gasteiger partial charge on any atom is 0.419 e. The summed E-state index contributed by atoms with van der Waals surface area (Å²) in [6, 6.07) is 23.2. The van der Waals surface area contributed by atoms with E-state index in [2.05, 4.69) is 6.07 Å². The first-order valence-corrected chi connectivity index (χ1v) is 10.8. The lowest BCUT2D eigenvalue weighted by molar-refractivity contribution is 0.0547. The molecule has 0 aliphatic heterocycles. The summed E-state index contributed by atoms with van der Waals surface area (Å²) in [5, 5.41) is 19.5. The molecule has 7 heteroatoms. The Morgan fingerprint density at radius 2 is 1.56 bits per heavy atom. The molecule has 4 rings (SSSR count). The van der Waals surface area contributed by atoms with Crippen molar-refractivity contribution in [2.75, 3.05) is 0 Å². The van der Waals surface area contributed by atoms with E-state index in [-0.39, 0.29) is 0 Å². The summed E-state index contributed by atoms with van der Waals surface area (Å²) < 4.78 is 13.0. The largest absolute Gasteiger partial charge is 0.456 e. The number of halogens is 1. The number of aromatic nitrogens is 1. The maximum absolute atomic E-state index is 13.1. The van der Waals surface area contributed by atoms with Gasteiger partial charge >= 0.3 is 6.09 Å². The van der Waals surface area contributed by atoms with Gasteiger partial charge in [-0.2, -0.15) is 10.5 Å². The summed E-state index contributed by atoms with van der Waals surface area (Å²) in [7, 11) is 0. The van der Waals surface area contributed by atoms with E-state index in [0.29, 0.717) is 38.9 Å². The van der Waals surface area contributed by atoms with Crippen LogP contribution in [0.4, 0.5) is 4.79 Å². The van der Waals surface area contributed by atoms with Crippen molar-refractivity contribution in [1.29, 1.82) is 10.5 Å². The Morgan fingerprint density at radius 1 is 0.912 bits per heavy atom. The fourth-order valence-corrected chi connectivity index (χ4v) is 3.68. The van der Waals surface area contributed by atoms with Crippen LogP contribution in [-0.4, -0.2) is 16.3 Å². The zero-order valence-electron chi connectivity index (χ0n) is 18.8. The quantitative estimate of drug-likeness (QED) is 0.314. The Kier molecular flexibility index (Phi) is 6.03. The van der Waals surface area contributed by atoms with Crippen LogP contribution in [0.3, 0.4) is 0 Å². The molecule has 0 atom stereocenters. The summed E-state index contributed by atoms with van der Waals surface area (Å²) in [6.45, 7) is 5.41. The van der Waals surface area contributed by atoms with Gasteiger partial charge in [0.25, 0.3) is 0 Å². The number of ether oxygens (including phenoxy) is 2. The number of hydrogen-bond donors (Lipinski definition) is 0. The van der Waals surface area contributed by atoms with Crippen molar-refractivity contribution in [2.45, 2.75) is 26.4 Å². The molecule has 0 saturated carbocycles. The summed E-state index contributed by atoms with van der Waals surface area (Å²) in [6.07, 6.45) is -0.530. The molecule has 3 aromatic carbocycles. The molecule has 34 heavy (non-hydrogen) atoms. The molecule has 0 aliphatic carbocycles. The van der Waals surface area contributed by atoms with E-state index in [0.717, 1.165) is 10.9 Å². The number of benzene rings is 3. The van der Waals surface area contributed by atoms with E-state index in [4.69, 9.17) is 26.3 Å². The lowest BCUT2D eigenvalue weighted by Crippen LogP contribution is -2.27. The van der Waals surface area contributed by atoms with Gasteiger partial charge in [0.15, 0.2) is 0 Å². The topological polar surface area (TPSA) is 88.0 Å². The Morgan fingerprint density at radius 3 is 2.18 bits per heavy atom. The van der Waals surface area contributed by atoms with Crippen molar-refractivity contribution in [1.82, 2.24) is 4.57 Å². The highest BCUT2D eigenvalue weighted by molar-refractivity contribution is 6.32. The minimum Gasteiger partial charge on any atom is -0.456 e. The molecule has 6 nitrogen and oxygen atoms in total. The zero-order valence-corrected chi connectivity index (χ0v) is 19.6. The molecule has 4 aromatic rings. The summed E-state index contributed by atoms with van der Waals surface area (Å²) in [4.78, 5) is 13.1. The first-order chi connectivity index (χ1) is 16.2. The van der Waals surface area contributed by atoms with Crippen LogP contribution in [0.5, 0.6) is 11.5 Å². The van der Waals surface area contributed by atoms with Gasteiger partial charge < -0.3 is 9.47 Å². The molecule has 0 spiro atoms. The third-order valence-electron chi connectivity index (χ3n) is 4.95. The van der Waals surface area contributed by atoms with Crippen LogP contribution in [0, 0.1) is 22.7 Å². The second kappa shape index (κ2) is 8.94. The summed E-state index contributed by atoms with van der Waals surface area (Å²) >= 11 is 6.21. The minimum absolute atomic E-state index is 0.335. The SMILES string of the molecule is CC(C)(C)OC(=O)n1c(-c2ccc(Oc3ccc(C#N)cc3Cl)cc2)cc2ccc(C#N)cc21. The van der Waals surface area contributed by atoms with Crippen LogP contribution in [0.1, 0.15) is 31.9 Å². The van der Waals surface area contributed by atoms with Crippen molar-refractivity contribution in [2.24, 2.45) is 0 Å². The van der Waals surface area contributed by atoms with E-state index < -0.39 is 11.7 Å². The average Bonchev–Trinajstić information content (AvgIpc) is 3.18.